The summed E-state index contributed by atoms with van der Waals surface area (Å²) in [5.41, 5.74) is 2.30. The number of nitrogens with two attached hydrogens (primary N) is 1. The van der Waals surface area contributed by atoms with Gasteiger partial charge in [-0.25, -0.2) is 13.9 Å². The highest BCUT2D eigenvalue weighted by molar-refractivity contribution is 7.60. The second-order valence-corrected chi connectivity index (χ2v) is 21.2. The predicted octanol–water partition coefficient (Wildman–Crippen LogP) is 10.5. The maximum atomic E-state index is 12.9. The quantitative estimate of drug-likeness (QED) is 0.0182. The van der Waals surface area contributed by atoms with Gasteiger partial charge in [-0.1, -0.05) is 194 Å². The second kappa shape index (κ2) is 37.9. The maximum Gasteiger partial charge on any atom is 0.481 e. The molecular weight excluding hydrogens is 904 g/mol. The van der Waals surface area contributed by atoms with E-state index in [2.05, 4.69) is 27.7 Å². The van der Waals surface area contributed by atoms with Gasteiger partial charge in [0.25, 0.3) is 0 Å². The Labute approximate surface area is 401 Å². The number of hydrogen-bond donors (Lipinski definition) is 7. The van der Waals surface area contributed by atoms with Crippen LogP contribution in [0, 0.1) is 0 Å². The maximum absolute atomic E-state index is 12.9. The number of phosphoric ester groups is 1. The molecule has 0 amide bonds. The second-order valence-electron chi connectivity index (χ2n) is 18.4. The standard InChI is InChI=1S/C39H76O5.C9H15N3O9P2/c1-3-5-7-9-11-13-15-17-19-21-23-25-27-29-31-33-36(41)39(44,38(43)35-40)37(42)34-32-30-28-26-24-22-20-18-16-14-12-10-8-6-4-2;10-7-3-4-12(9(13)11-7)8-2-1-6(20-8)5-19-23(17,18)21-22(14,15)16/h38,40,43-44H,3-35H2,1-2H3;3-4,6,8H,1-2,5H2,(H,17,18)(H2,10,11,13)(H2,14,15,16)/t;6-,8+/m.0/s1. The number of carbonyl (C=O) groups is 2. The molecule has 2 unspecified atom stereocenters. The van der Waals surface area contributed by atoms with Crippen LogP contribution in [0.15, 0.2) is 17.1 Å². The minimum absolute atomic E-state index is 0.0659. The van der Waals surface area contributed by atoms with Gasteiger partial charge in [0.05, 0.1) is 19.3 Å². The number of carbonyl (C=O) groups excluding carboxylic acids is 2. The van der Waals surface area contributed by atoms with Gasteiger partial charge in [-0.15, -0.1) is 0 Å². The van der Waals surface area contributed by atoms with Crippen molar-refractivity contribution < 1.29 is 62.3 Å². The highest BCUT2D eigenvalue weighted by Gasteiger charge is 2.48. The molecule has 0 spiro atoms. The molecule has 1 fully saturated rings. The SMILES string of the molecule is CCCCCCCCCCCCCCCCCC(=O)C(O)(C(=O)CCCCCCCCCCCCCCCCC)C(O)CO.Nc1ccn([C@H]2CC[C@@H](COP(=O)(O)OP(=O)(O)O)O2)c(=O)n1. The van der Waals surface area contributed by atoms with E-state index in [1.165, 1.54) is 158 Å². The number of ether oxygens (including phenoxy) is 1. The highest BCUT2D eigenvalue weighted by atomic mass is 31.3. The molecule has 19 heteroatoms. The molecular formula is C48H91N3O14P2. The van der Waals surface area contributed by atoms with Crippen LogP contribution in [0.5, 0.6) is 0 Å². The summed E-state index contributed by atoms with van der Waals surface area (Å²) in [6.07, 6.45) is 36.0. The van der Waals surface area contributed by atoms with Gasteiger partial charge in [0, 0.05) is 19.0 Å². The first-order chi connectivity index (χ1) is 32.0. The van der Waals surface area contributed by atoms with E-state index in [-0.39, 0.29) is 18.7 Å². The molecule has 17 nitrogen and oxygen atoms in total. The average Bonchev–Trinajstić information content (AvgIpc) is 3.75. The molecule has 2 heterocycles. The van der Waals surface area contributed by atoms with Gasteiger partial charge in [-0.05, 0) is 31.7 Å². The summed E-state index contributed by atoms with van der Waals surface area (Å²) >= 11 is 0. The Balaban J connectivity index is 0.000000809. The molecule has 4 atom stereocenters. The van der Waals surface area contributed by atoms with Crippen molar-refractivity contribution in [2.24, 2.45) is 0 Å². The molecule has 392 valence electrons. The summed E-state index contributed by atoms with van der Waals surface area (Å²) < 4.78 is 36.6. The molecule has 0 aliphatic carbocycles. The molecule has 1 aromatic rings. The van der Waals surface area contributed by atoms with Crippen LogP contribution in [0.1, 0.15) is 238 Å². The Morgan fingerprint density at radius 2 is 1.09 bits per heavy atom. The van der Waals surface area contributed by atoms with E-state index < -0.39 is 70.2 Å². The Morgan fingerprint density at radius 3 is 1.43 bits per heavy atom. The van der Waals surface area contributed by atoms with Crippen molar-refractivity contribution in [3.05, 3.63) is 22.7 Å². The summed E-state index contributed by atoms with van der Waals surface area (Å²) in [5.74, 6) is -1.21. The van der Waals surface area contributed by atoms with Crippen LogP contribution >= 0.6 is 15.6 Å². The number of hydrogen-bond acceptors (Lipinski definition) is 13. The topological polar surface area (TPSA) is 278 Å². The van der Waals surface area contributed by atoms with Gasteiger partial charge in [-0.2, -0.15) is 9.29 Å². The lowest BCUT2D eigenvalue weighted by Crippen LogP contribution is -2.57. The first-order valence-corrected chi connectivity index (χ1v) is 28.8. The molecule has 67 heavy (non-hydrogen) atoms. The van der Waals surface area contributed by atoms with E-state index in [0.29, 0.717) is 25.7 Å². The fraction of sp³-hybridized carbons (Fsp3) is 0.875. The molecule has 8 N–H and O–H groups in total. The monoisotopic (exact) mass is 996 g/mol. The number of rotatable bonds is 42. The van der Waals surface area contributed by atoms with Crippen LogP contribution < -0.4 is 11.4 Å². The van der Waals surface area contributed by atoms with Gasteiger partial charge in [0.1, 0.15) is 18.1 Å². The zero-order valence-corrected chi connectivity index (χ0v) is 42.9. The van der Waals surface area contributed by atoms with E-state index in [0.717, 1.165) is 38.5 Å². The van der Waals surface area contributed by atoms with E-state index >= 15 is 0 Å². The van der Waals surface area contributed by atoms with E-state index in [4.69, 9.17) is 25.2 Å². The van der Waals surface area contributed by atoms with Gasteiger partial charge in [0.2, 0.25) is 5.60 Å². The third-order valence-electron chi connectivity index (χ3n) is 12.4. The number of ketones is 2. The molecule has 0 aromatic carbocycles. The van der Waals surface area contributed by atoms with Gasteiger partial charge >= 0.3 is 21.3 Å². The van der Waals surface area contributed by atoms with Crippen molar-refractivity contribution in [3.63, 3.8) is 0 Å². The van der Waals surface area contributed by atoms with Crippen LogP contribution in [-0.2, 0) is 32.3 Å². The number of nitrogen functional groups attached to an aromatic ring is 1. The highest BCUT2D eigenvalue weighted by Crippen LogP contribution is 2.57. The molecule has 0 radical (unpaired) electrons. The van der Waals surface area contributed by atoms with Crippen LogP contribution in [0.4, 0.5) is 5.82 Å². The summed E-state index contributed by atoms with van der Waals surface area (Å²) in [6.45, 7) is 3.27. The van der Waals surface area contributed by atoms with Crippen LogP contribution in [0.2, 0.25) is 0 Å². The van der Waals surface area contributed by atoms with Crippen LogP contribution in [-0.4, -0.2) is 82.1 Å². The third-order valence-corrected chi connectivity index (χ3v) is 14.6. The first kappa shape index (κ1) is 63.1. The number of aliphatic hydroxyl groups excluding tert-OH is 2. The minimum Gasteiger partial charge on any atom is -0.394 e. The lowest BCUT2D eigenvalue weighted by atomic mass is 9.82. The van der Waals surface area contributed by atoms with Crippen molar-refractivity contribution in [2.75, 3.05) is 18.9 Å². The number of aliphatic hydroxyl groups is 3. The zero-order valence-electron chi connectivity index (χ0n) is 41.2. The Kier molecular flexibility index (Phi) is 35.7. The third kappa shape index (κ3) is 30.5. The Morgan fingerprint density at radius 1 is 0.716 bits per heavy atom. The normalized spacial score (nSPS) is 16.7. The van der Waals surface area contributed by atoms with Crippen molar-refractivity contribution in [2.45, 2.75) is 256 Å². The minimum atomic E-state index is -5.16. The number of phosphoric acid groups is 2. The molecule has 0 bridgehead atoms. The predicted molar refractivity (Wildman–Crippen MR) is 262 cm³/mol. The lowest BCUT2D eigenvalue weighted by Gasteiger charge is -2.29. The Hall–Kier alpha value is -1.88. The summed E-state index contributed by atoms with van der Waals surface area (Å²) in [6, 6.07) is 1.42. The number of Topliss-reactive ketones (excluding diaryl/α,β-unsaturated/α-hetero) is 2. The van der Waals surface area contributed by atoms with Crippen molar-refractivity contribution in [1.29, 1.82) is 0 Å². The zero-order chi connectivity index (χ0) is 49.8. The first-order valence-electron chi connectivity index (χ1n) is 25.8. The summed E-state index contributed by atoms with van der Waals surface area (Å²) in [4.78, 5) is 67.1. The molecule has 1 saturated heterocycles. The Bertz CT molecular complexity index is 1550. The van der Waals surface area contributed by atoms with Crippen molar-refractivity contribution >= 4 is 33.0 Å². The molecule has 1 aliphatic heterocycles. The van der Waals surface area contributed by atoms with Crippen molar-refractivity contribution in [1.82, 2.24) is 9.55 Å². The smallest absolute Gasteiger partial charge is 0.394 e. The largest absolute Gasteiger partial charge is 0.481 e. The average molecular weight is 996 g/mol. The molecule has 1 aromatic heterocycles. The molecule has 1 aliphatic rings. The summed E-state index contributed by atoms with van der Waals surface area (Å²) in [5, 5.41) is 30.6. The van der Waals surface area contributed by atoms with Crippen LogP contribution in [0.3, 0.4) is 0 Å². The van der Waals surface area contributed by atoms with Gasteiger partial charge in [-0.3, -0.25) is 18.7 Å². The van der Waals surface area contributed by atoms with Crippen LogP contribution in [0.25, 0.3) is 0 Å². The van der Waals surface area contributed by atoms with Gasteiger partial charge < -0.3 is 40.5 Å². The number of anilines is 1. The number of nitrogens with zero attached hydrogens (tertiary/aromatic N) is 2. The molecule has 0 saturated carbocycles. The van der Waals surface area contributed by atoms with Gasteiger partial charge in [0.15, 0.2) is 11.6 Å². The van der Waals surface area contributed by atoms with Crippen molar-refractivity contribution in [3.8, 4) is 0 Å². The number of unbranched alkanes of at least 4 members (excludes halogenated alkanes) is 28. The molecule has 2 rings (SSSR count). The van der Waals surface area contributed by atoms with E-state index in [1.54, 1.807) is 0 Å². The number of aromatic nitrogens is 2. The van der Waals surface area contributed by atoms with E-state index in [9.17, 15) is 38.8 Å². The van der Waals surface area contributed by atoms with E-state index in [1.807, 2.05) is 0 Å². The fourth-order valence-corrected chi connectivity index (χ4v) is 9.97. The lowest BCUT2D eigenvalue weighted by molar-refractivity contribution is -0.166. The summed E-state index contributed by atoms with van der Waals surface area (Å²) in [7, 11) is -10.1. The fourth-order valence-electron chi connectivity index (χ4n) is 8.35.